The van der Waals surface area contributed by atoms with Gasteiger partial charge >= 0.3 is 11.9 Å². The molecule has 0 bridgehead atoms. The third kappa shape index (κ3) is 4.27. The summed E-state index contributed by atoms with van der Waals surface area (Å²) in [4.78, 5) is 39.5. The van der Waals surface area contributed by atoms with Gasteiger partial charge in [0, 0.05) is 29.5 Å². The van der Waals surface area contributed by atoms with Crippen LogP contribution in [-0.4, -0.2) is 51.4 Å². The Morgan fingerprint density at radius 2 is 1.94 bits per heavy atom. The molecule has 1 aromatic carbocycles. The minimum absolute atomic E-state index is 0.0823. The zero-order valence-corrected chi connectivity index (χ0v) is 19.8. The summed E-state index contributed by atoms with van der Waals surface area (Å²) in [7, 11) is 1.27. The first-order valence-electron chi connectivity index (χ1n) is 11.3. The minimum Gasteiger partial charge on any atom is -0.468 e. The number of hydrogen-bond acceptors (Lipinski definition) is 9. The molecule has 1 N–H and O–H groups in total. The van der Waals surface area contributed by atoms with Crippen LogP contribution in [0.1, 0.15) is 38.7 Å². The predicted molar refractivity (Wildman–Crippen MR) is 120 cm³/mol. The normalized spacial score (nSPS) is 23.4. The second kappa shape index (κ2) is 9.89. The van der Waals surface area contributed by atoms with Crippen LogP contribution in [0.15, 0.2) is 40.7 Å². The maximum atomic E-state index is 13.7. The van der Waals surface area contributed by atoms with Crippen molar-refractivity contribution in [1.29, 1.82) is 0 Å². The van der Waals surface area contributed by atoms with Gasteiger partial charge in [-0.25, -0.2) is 4.79 Å². The van der Waals surface area contributed by atoms with Crippen LogP contribution < -0.4 is 14.8 Å². The lowest BCUT2D eigenvalue weighted by Crippen LogP contribution is -2.43. The maximum absolute atomic E-state index is 13.7. The number of nitrogens with one attached hydrogen (secondary N) is 1. The molecular weight excluding hydrogens is 442 g/mol. The molecule has 0 unspecified atom stereocenters. The molecule has 0 saturated heterocycles. The van der Waals surface area contributed by atoms with Crippen molar-refractivity contribution in [2.45, 2.75) is 33.1 Å². The summed E-state index contributed by atoms with van der Waals surface area (Å²) in [5.41, 5.74) is 2.64. The number of rotatable bonds is 7. The number of ketones is 1. The van der Waals surface area contributed by atoms with Crippen molar-refractivity contribution in [3.05, 3.63) is 46.3 Å². The highest BCUT2D eigenvalue weighted by Gasteiger charge is 2.47. The smallest absolute Gasteiger partial charge is 0.336 e. The zero-order valence-electron chi connectivity index (χ0n) is 19.8. The Labute approximate surface area is 198 Å². The van der Waals surface area contributed by atoms with E-state index in [-0.39, 0.29) is 31.7 Å². The monoisotopic (exact) mass is 471 g/mol. The first kappa shape index (κ1) is 23.8. The van der Waals surface area contributed by atoms with Crippen molar-refractivity contribution in [3.63, 3.8) is 0 Å². The Morgan fingerprint density at radius 3 is 2.68 bits per heavy atom. The maximum Gasteiger partial charge on any atom is 0.336 e. The van der Waals surface area contributed by atoms with Gasteiger partial charge in [0.1, 0.15) is 12.5 Å². The van der Waals surface area contributed by atoms with Crippen LogP contribution in [-0.2, 0) is 28.6 Å². The molecule has 9 heteroatoms. The quantitative estimate of drug-likeness (QED) is 0.365. The molecule has 182 valence electrons. The molecular formula is C25H29NO8. The average Bonchev–Trinajstić information content (AvgIpc) is 3.28. The summed E-state index contributed by atoms with van der Waals surface area (Å²) in [5, 5.41) is 3.24. The Balaban J connectivity index is 1.78. The van der Waals surface area contributed by atoms with Crippen LogP contribution >= 0.6 is 0 Å². The molecule has 4 rings (SSSR count). The van der Waals surface area contributed by atoms with E-state index in [9.17, 15) is 14.4 Å². The summed E-state index contributed by atoms with van der Waals surface area (Å²) in [6.45, 7) is 6.45. The van der Waals surface area contributed by atoms with Gasteiger partial charge in [-0.15, -0.1) is 0 Å². The number of benzene rings is 1. The zero-order chi connectivity index (χ0) is 24.4. The van der Waals surface area contributed by atoms with Gasteiger partial charge in [-0.2, -0.15) is 0 Å². The summed E-state index contributed by atoms with van der Waals surface area (Å²) < 4.78 is 26.7. The van der Waals surface area contributed by atoms with Gasteiger partial charge in [-0.1, -0.05) is 13.0 Å². The molecule has 0 fully saturated rings. The third-order valence-corrected chi connectivity index (χ3v) is 6.36. The Morgan fingerprint density at radius 1 is 1.18 bits per heavy atom. The molecule has 0 spiro atoms. The molecule has 3 atom stereocenters. The SMILES string of the molecule is CCOCCOC(=O)C1=C(C)NC2=C(C(=O)[C@H](C(=O)OC)[C@@H](C)C2)[C@H]1c1ccc2c(c1)OCO2. The average molecular weight is 472 g/mol. The number of allylic oxidation sites excluding steroid dienone is 3. The minimum atomic E-state index is -0.948. The summed E-state index contributed by atoms with van der Waals surface area (Å²) in [5.74, 6) is -2.32. The lowest BCUT2D eigenvalue weighted by molar-refractivity contribution is -0.151. The van der Waals surface area contributed by atoms with E-state index >= 15 is 0 Å². The molecule has 3 aliphatic rings. The van der Waals surface area contributed by atoms with E-state index in [0.717, 1.165) is 0 Å². The van der Waals surface area contributed by atoms with Crippen LogP contribution in [0.4, 0.5) is 0 Å². The van der Waals surface area contributed by atoms with Gasteiger partial charge in [-0.05, 0) is 43.9 Å². The molecule has 0 aromatic heterocycles. The van der Waals surface area contributed by atoms with Crippen molar-refractivity contribution in [2.24, 2.45) is 11.8 Å². The fraction of sp³-hybridized carbons (Fsp3) is 0.480. The van der Waals surface area contributed by atoms with E-state index in [2.05, 4.69) is 5.32 Å². The summed E-state index contributed by atoms with van der Waals surface area (Å²) in [6.07, 6.45) is 0.464. The van der Waals surface area contributed by atoms with Crippen molar-refractivity contribution < 1.29 is 38.1 Å². The molecule has 2 heterocycles. The number of fused-ring (bicyclic) bond motifs is 1. The Hall–Kier alpha value is -3.33. The number of carbonyl (C=O) groups excluding carboxylic acids is 3. The van der Waals surface area contributed by atoms with E-state index in [1.54, 1.807) is 25.1 Å². The van der Waals surface area contributed by atoms with E-state index in [4.69, 9.17) is 23.7 Å². The molecule has 34 heavy (non-hydrogen) atoms. The van der Waals surface area contributed by atoms with Crippen LogP contribution in [0, 0.1) is 11.8 Å². The highest BCUT2D eigenvalue weighted by Crippen LogP contribution is 2.47. The number of Topliss-reactive ketones (excluding diaryl/α,β-unsaturated/α-hetero) is 1. The van der Waals surface area contributed by atoms with Gasteiger partial charge < -0.3 is 29.0 Å². The van der Waals surface area contributed by atoms with Crippen molar-refractivity contribution in [1.82, 2.24) is 5.32 Å². The van der Waals surface area contributed by atoms with Gasteiger partial charge in [0.2, 0.25) is 6.79 Å². The number of methoxy groups -OCH3 is 1. The summed E-state index contributed by atoms with van der Waals surface area (Å²) >= 11 is 0. The number of esters is 2. The fourth-order valence-corrected chi connectivity index (χ4v) is 4.79. The van der Waals surface area contributed by atoms with Crippen molar-refractivity contribution in [3.8, 4) is 11.5 Å². The first-order valence-corrected chi connectivity index (χ1v) is 11.3. The van der Waals surface area contributed by atoms with Crippen LogP contribution in [0.5, 0.6) is 11.5 Å². The lowest BCUT2D eigenvalue weighted by Gasteiger charge is -2.38. The van der Waals surface area contributed by atoms with Crippen LogP contribution in [0.2, 0.25) is 0 Å². The van der Waals surface area contributed by atoms with E-state index < -0.39 is 23.8 Å². The molecule has 0 amide bonds. The Bertz CT molecular complexity index is 1070. The van der Waals surface area contributed by atoms with Gasteiger partial charge in [0.25, 0.3) is 0 Å². The number of ether oxygens (including phenoxy) is 5. The number of dihydropyridines is 1. The highest BCUT2D eigenvalue weighted by atomic mass is 16.7. The molecule has 0 radical (unpaired) electrons. The molecule has 9 nitrogen and oxygen atoms in total. The van der Waals surface area contributed by atoms with E-state index in [1.807, 2.05) is 13.8 Å². The second-order valence-corrected chi connectivity index (χ2v) is 8.48. The number of carbonyl (C=O) groups is 3. The topological polar surface area (TPSA) is 109 Å². The molecule has 0 saturated carbocycles. The second-order valence-electron chi connectivity index (χ2n) is 8.48. The van der Waals surface area contributed by atoms with Gasteiger partial charge in [0.15, 0.2) is 17.3 Å². The van der Waals surface area contributed by atoms with Crippen molar-refractivity contribution in [2.75, 3.05) is 33.7 Å². The van der Waals surface area contributed by atoms with E-state index in [0.29, 0.717) is 52.6 Å². The van der Waals surface area contributed by atoms with E-state index in [1.165, 1.54) is 7.11 Å². The fourth-order valence-electron chi connectivity index (χ4n) is 4.79. The molecule has 1 aromatic rings. The van der Waals surface area contributed by atoms with Crippen LogP contribution in [0.25, 0.3) is 0 Å². The standard InChI is InChI=1S/C25H29NO8/c1-5-31-8-9-32-25(29)20-14(3)26-16-10-13(2)19(24(28)30-4)23(27)22(16)21(20)15-6-7-17-18(11-15)34-12-33-17/h6-7,11,13,19,21,26H,5,8-10,12H2,1-4H3/t13-,19+,21-/m0/s1. The summed E-state index contributed by atoms with van der Waals surface area (Å²) in [6, 6.07) is 5.32. The highest BCUT2D eigenvalue weighted by molar-refractivity contribution is 6.12. The predicted octanol–water partition coefficient (Wildman–Crippen LogP) is 2.61. The van der Waals surface area contributed by atoms with Gasteiger partial charge in [-0.3, -0.25) is 9.59 Å². The third-order valence-electron chi connectivity index (χ3n) is 6.36. The lowest BCUT2D eigenvalue weighted by atomic mass is 9.69. The largest absolute Gasteiger partial charge is 0.468 e. The van der Waals surface area contributed by atoms with Crippen molar-refractivity contribution >= 4 is 17.7 Å². The number of hydrogen-bond donors (Lipinski definition) is 1. The van der Waals surface area contributed by atoms with Crippen LogP contribution in [0.3, 0.4) is 0 Å². The van der Waals surface area contributed by atoms with Gasteiger partial charge in [0.05, 0.1) is 19.3 Å². The first-order chi connectivity index (χ1) is 16.4. The molecule has 1 aliphatic carbocycles. The molecule has 2 aliphatic heterocycles. The Kier molecular flexibility index (Phi) is 6.92.